The fourth-order valence-electron chi connectivity index (χ4n) is 2.45. The van der Waals surface area contributed by atoms with Gasteiger partial charge in [-0.3, -0.25) is 14.5 Å². The second kappa shape index (κ2) is 7.48. The number of rotatable bonds is 6. The Labute approximate surface area is 115 Å². The van der Waals surface area contributed by atoms with Crippen LogP contribution in [-0.4, -0.2) is 59.5 Å². The average molecular weight is 270 g/mol. The first-order chi connectivity index (χ1) is 8.90. The first-order valence-corrected chi connectivity index (χ1v) is 7.10. The van der Waals surface area contributed by atoms with Crippen molar-refractivity contribution in [1.29, 1.82) is 0 Å². The fourth-order valence-corrected chi connectivity index (χ4v) is 2.45. The number of hydrogen-bond acceptors (Lipinski definition) is 3. The number of carboxylic acids is 1. The smallest absolute Gasteiger partial charge is 0.303 e. The van der Waals surface area contributed by atoms with Crippen LogP contribution in [-0.2, 0) is 9.59 Å². The Morgan fingerprint density at radius 1 is 1.42 bits per heavy atom. The zero-order chi connectivity index (χ0) is 14.4. The lowest BCUT2D eigenvalue weighted by atomic mass is 9.93. The zero-order valence-electron chi connectivity index (χ0n) is 12.3. The van der Waals surface area contributed by atoms with Crippen LogP contribution < -0.4 is 0 Å². The highest BCUT2D eigenvalue weighted by Crippen LogP contribution is 2.20. The SMILES string of the molecule is CC(C)N(C)C(=O)CN1CCCC(CCC(=O)O)C1. The highest BCUT2D eigenvalue weighted by atomic mass is 16.4. The molecule has 1 unspecified atom stereocenters. The van der Waals surface area contributed by atoms with Crippen LogP contribution in [0.4, 0.5) is 0 Å². The van der Waals surface area contributed by atoms with Gasteiger partial charge >= 0.3 is 5.97 Å². The van der Waals surface area contributed by atoms with E-state index < -0.39 is 5.97 Å². The van der Waals surface area contributed by atoms with E-state index in [1.807, 2.05) is 20.9 Å². The molecule has 0 spiro atoms. The first kappa shape index (κ1) is 16.0. The molecule has 0 radical (unpaired) electrons. The van der Waals surface area contributed by atoms with E-state index in [4.69, 9.17) is 5.11 Å². The van der Waals surface area contributed by atoms with Gasteiger partial charge in [-0.05, 0) is 45.6 Å². The van der Waals surface area contributed by atoms with Gasteiger partial charge in [0.15, 0.2) is 0 Å². The minimum atomic E-state index is -0.729. The van der Waals surface area contributed by atoms with E-state index in [9.17, 15) is 9.59 Å². The molecule has 0 bridgehead atoms. The van der Waals surface area contributed by atoms with Crippen molar-refractivity contribution in [3.8, 4) is 0 Å². The van der Waals surface area contributed by atoms with Crippen molar-refractivity contribution in [2.75, 3.05) is 26.7 Å². The quantitative estimate of drug-likeness (QED) is 0.793. The Kier molecular flexibility index (Phi) is 6.28. The van der Waals surface area contributed by atoms with Crippen LogP contribution in [0.3, 0.4) is 0 Å². The minimum Gasteiger partial charge on any atom is -0.481 e. The third-order valence-corrected chi connectivity index (χ3v) is 3.90. The fraction of sp³-hybridized carbons (Fsp3) is 0.857. The van der Waals surface area contributed by atoms with Gasteiger partial charge in [-0.1, -0.05) is 0 Å². The van der Waals surface area contributed by atoms with Gasteiger partial charge in [-0.25, -0.2) is 0 Å². The van der Waals surface area contributed by atoms with Crippen molar-refractivity contribution in [2.45, 2.75) is 45.6 Å². The van der Waals surface area contributed by atoms with Gasteiger partial charge in [0.2, 0.25) is 5.91 Å². The molecule has 1 amide bonds. The number of amides is 1. The third kappa shape index (κ3) is 5.59. The van der Waals surface area contributed by atoms with E-state index in [1.54, 1.807) is 4.90 Å². The van der Waals surface area contributed by atoms with Crippen molar-refractivity contribution in [1.82, 2.24) is 9.80 Å². The molecule has 0 aromatic heterocycles. The molecular formula is C14H26N2O3. The molecule has 5 nitrogen and oxygen atoms in total. The molecule has 1 rings (SSSR count). The monoisotopic (exact) mass is 270 g/mol. The Morgan fingerprint density at radius 2 is 2.11 bits per heavy atom. The number of hydrogen-bond donors (Lipinski definition) is 1. The standard InChI is InChI=1S/C14H26N2O3/c1-11(2)15(3)13(17)10-16-8-4-5-12(9-16)6-7-14(18)19/h11-12H,4-10H2,1-3H3,(H,18,19). The highest BCUT2D eigenvalue weighted by Gasteiger charge is 2.23. The van der Waals surface area contributed by atoms with Crippen LogP contribution in [0.1, 0.15) is 39.5 Å². The molecule has 1 aliphatic rings. The van der Waals surface area contributed by atoms with Gasteiger partial charge in [0.1, 0.15) is 0 Å². The molecule has 0 aliphatic carbocycles. The number of likely N-dealkylation sites (tertiary alicyclic amines) is 1. The predicted octanol–water partition coefficient (Wildman–Crippen LogP) is 1.43. The van der Waals surface area contributed by atoms with E-state index in [2.05, 4.69) is 4.90 Å². The lowest BCUT2D eigenvalue weighted by Crippen LogP contribution is -2.44. The molecule has 1 aliphatic heterocycles. The lowest BCUT2D eigenvalue weighted by molar-refractivity contribution is -0.138. The third-order valence-electron chi connectivity index (χ3n) is 3.90. The maximum atomic E-state index is 12.0. The molecule has 1 saturated heterocycles. The summed E-state index contributed by atoms with van der Waals surface area (Å²) >= 11 is 0. The number of carbonyl (C=O) groups is 2. The van der Waals surface area contributed by atoms with Crippen LogP contribution in [0.15, 0.2) is 0 Å². The maximum absolute atomic E-state index is 12.0. The molecule has 1 heterocycles. The van der Waals surface area contributed by atoms with Crippen LogP contribution >= 0.6 is 0 Å². The van der Waals surface area contributed by atoms with Gasteiger partial charge in [0.05, 0.1) is 6.54 Å². The van der Waals surface area contributed by atoms with Crippen molar-refractivity contribution >= 4 is 11.9 Å². The zero-order valence-corrected chi connectivity index (χ0v) is 12.3. The Hall–Kier alpha value is -1.10. The summed E-state index contributed by atoms with van der Waals surface area (Å²) in [6, 6.07) is 0.222. The van der Waals surface area contributed by atoms with Crippen LogP contribution in [0.25, 0.3) is 0 Å². The first-order valence-electron chi connectivity index (χ1n) is 7.10. The number of carboxylic acid groups (broad SMARTS) is 1. The van der Waals surface area contributed by atoms with Gasteiger partial charge in [0.25, 0.3) is 0 Å². The molecule has 1 atom stereocenters. The number of carbonyl (C=O) groups excluding carboxylic acids is 1. The number of likely N-dealkylation sites (N-methyl/N-ethyl adjacent to an activating group) is 1. The van der Waals surface area contributed by atoms with Crippen LogP contribution in [0, 0.1) is 5.92 Å². The Balaban J connectivity index is 2.38. The lowest BCUT2D eigenvalue weighted by Gasteiger charge is -2.33. The summed E-state index contributed by atoms with van der Waals surface area (Å²) in [7, 11) is 1.83. The van der Waals surface area contributed by atoms with E-state index in [0.717, 1.165) is 32.4 Å². The minimum absolute atomic E-state index is 0.147. The van der Waals surface area contributed by atoms with E-state index in [0.29, 0.717) is 12.5 Å². The van der Waals surface area contributed by atoms with E-state index in [-0.39, 0.29) is 18.4 Å². The van der Waals surface area contributed by atoms with E-state index >= 15 is 0 Å². The molecule has 0 aromatic carbocycles. The normalized spacial score (nSPS) is 20.5. The Morgan fingerprint density at radius 3 is 2.68 bits per heavy atom. The van der Waals surface area contributed by atoms with Gasteiger partial charge in [0, 0.05) is 26.1 Å². The molecule has 110 valence electrons. The summed E-state index contributed by atoms with van der Waals surface area (Å²) in [6.45, 7) is 6.26. The summed E-state index contributed by atoms with van der Waals surface area (Å²) in [5, 5.41) is 8.71. The molecule has 19 heavy (non-hydrogen) atoms. The molecule has 1 N–H and O–H groups in total. The van der Waals surface area contributed by atoms with Crippen molar-refractivity contribution < 1.29 is 14.7 Å². The van der Waals surface area contributed by atoms with Crippen molar-refractivity contribution in [2.24, 2.45) is 5.92 Å². The largest absolute Gasteiger partial charge is 0.481 e. The highest BCUT2D eigenvalue weighted by molar-refractivity contribution is 5.78. The average Bonchev–Trinajstić information content (AvgIpc) is 2.35. The van der Waals surface area contributed by atoms with E-state index in [1.165, 1.54) is 0 Å². The summed E-state index contributed by atoms with van der Waals surface area (Å²) in [4.78, 5) is 26.5. The number of aliphatic carboxylic acids is 1. The summed E-state index contributed by atoms with van der Waals surface area (Å²) in [6.07, 6.45) is 3.10. The van der Waals surface area contributed by atoms with Crippen molar-refractivity contribution in [3.63, 3.8) is 0 Å². The number of nitrogens with zero attached hydrogens (tertiary/aromatic N) is 2. The second-order valence-corrected chi connectivity index (χ2v) is 5.77. The van der Waals surface area contributed by atoms with Crippen LogP contribution in [0.5, 0.6) is 0 Å². The summed E-state index contributed by atoms with van der Waals surface area (Å²) in [5.41, 5.74) is 0. The van der Waals surface area contributed by atoms with Gasteiger partial charge in [-0.15, -0.1) is 0 Å². The summed E-state index contributed by atoms with van der Waals surface area (Å²) < 4.78 is 0. The second-order valence-electron chi connectivity index (χ2n) is 5.77. The van der Waals surface area contributed by atoms with Crippen molar-refractivity contribution in [3.05, 3.63) is 0 Å². The topological polar surface area (TPSA) is 60.9 Å². The van der Waals surface area contributed by atoms with Crippen LogP contribution in [0.2, 0.25) is 0 Å². The maximum Gasteiger partial charge on any atom is 0.303 e. The molecular weight excluding hydrogens is 244 g/mol. The van der Waals surface area contributed by atoms with Gasteiger partial charge in [-0.2, -0.15) is 0 Å². The summed E-state index contributed by atoms with van der Waals surface area (Å²) in [5.74, 6) is -0.163. The number of piperidine rings is 1. The van der Waals surface area contributed by atoms with Gasteiger partial charge < -0.3 is 10.0 Å². The molecule has 0 saturated carbocycles. The Bertz CT molecular complexity index is 318. The molecule has 0 aromatic rings. The molecule has 1 fully saturated rings. The predicted molar refractivity (Wildman–Crippen MR) is 73.9 cm³/mol. The molecule has 5 heteroatoms.